The number of amides is 1. The first-order valence-corrected chi connectivity index (χ1v) is 8.73. The van der Waals surface area contributed by atoms with Gasteiger partial charge in [0.05, 0.1) is 11.8 Å². The van der Waals surface area contributed by atoms with Crippen LogP contribution in [0.2, 0.25) is 0 Å². The molecule has 6 nitrogen and oxygen atoms in total. The van der Waals surface area contributed by atoms with Crippen LogP contribution in [0.15, 0.2) is 12.1 Å². The number of hydrogen-bond donors (Lipinski definition) is 2. The zero-order chi connectivity index (χ0) is 20.2. The second-order valence-corrected chi connectivity index (χ2v) is 7.65. The third-order valence-electron chi connectivity index (χ3n) is 4.36. The lowest BCUT2D eigenvalue weighted by molar-refractivity contribution is -0.166. The molecule has 0 aliphatic rings. The summed E-state index contributed by atoms with van der Waals surface area (Å²) in [5, 5.41) is 9.73. The number of aryl methyl sites for hydroxylation is 2. The molecule has 26 heavy (non-hydrogen) atoms. The van der Waals surface area contributed by atoms with Crippen molar-refractivity contribution < 1.29 is 24.2 Å². The highest BCUT2D eigenvalue weighted by atomic mass is 16.6. The van der Waals surface area contributed by atoms with Crippen molar-refractivity contribution in [3.05, 3.63) is 34.4 Å². The highest BCUT2D eigenvalue weighted by Crippen LogP contribution is 2.28. The molecule has 0 saturated carbocycles. The lowest BCUT2D eigenvalue weighted by Crippen LogP contribution is -2.36. The Hall–Kier alpha value is -2.37. The SMILES string of the molecule is CCC(C(=O)OC(C)(C)C)C(Cc1c(C)cc(C(N)=O)cc1C)C(=O)O. The van der Waals surface area contributed by atoms with Crippen molar-refractivity contribution in [1.82, 2.24) is 0 Å². The number of esters is 1. The predicted molar refractivity (Wildman–Crippen MR) is 98.9 cm³/mol. The molecule has 0 heterocycles. The van der Waals surface area contributed by atoms with Crippen LogP contribution in [0.5, 0.6) is 0 Å². The van der Waals surface area contributed by atoms with Gasteiger partial charge in [0.1, 0.15) is 5.60 Å². The molecule has 0 bridgehead atoms. The molecule has 0 aromatic heterocycles. The zero-order valence-electron chi connectivity index (χ0n) is 16.4. The van der Waals surface area contributed by atoms with Crippen LogP contribution in [0.3, 0.4) is 0 Å². The Kier molecular flexibility index (Phi) is 6.95. The Balaban J connectivity index is 3.21. The normalized spacial score (nSPS) is 13.8. The minimum atomic E-state index is -1.04. The second kappa shape index (κ2) is 8.34. The largest absolute Gasteiger partial charge is 0.481 e. The highest BCUT2D eigenvalue weighted by molar-refractivity contribution is 5.93. The van der Waals surface area contributed by atoms with E-state index in [1.165, 1.54) is 0 Å². The average molecular weight is 363 g/mol. The van der Waals surface area contributed by atoms with Gasteiger partial charge in [-0.2, -0.15) is 0 Å². The number of rotatable bonds is 7. The second-order valence-electron chi connectivity index (χ2n) is 7.65. The summed E-state index contributed by atoms with van der Waals surface area (Å²) in [5.74, 6) is -3.73. The maximum absolute atomic E-state index is 12.5. The van der Waals surface area contributed by atoms with Crippen LogP contribution >= 0.6 is 0 Å². The third kappa shape index (κ3) is 5.58. The first-order chi connectivity index (χ1) is 11.9. The topological polar surface area (TPSA) is 107 Å². The lowest BCUT2D eigenvalue weighted by atomic mass is 9.82. The van der Waals surface area contributed by atoms with Gasteiger partial charge in [0.25, 0.3) is 0 Å². The maximum atomic E-state index is 12.5. The Morgan fingerprint density at radius 1 is 1.12 bits per heavy atom. The van der Waals surface area contributed by atoms with Crippen LogP contribution in [0.4, 0.5) is 0 Å². The summed E-state index contributed by atoms with van der Waals surface area (Å²) in [6.45, 7) is 10.7. The molecular formula is C20H29NO5. The summed E-state index contributed by atoms with van der Waals surface area (Å²) in [4.78, 5) is 35.8. The molecule has 2 unspecified atom stereocenters. The van der Waals surface area contributed by atoms with Gasteiger partial charge in [-0.25, -0.2) is 0 Å². The van der Waals surface area contributed by atoms with Crippen LogP contribution in [-0.2, 0) is 20.7 Å². The molecule has 0 fully saturated rings. The van der Waals surface area contributed by atoms with Crippen molar-refractivity contribution in [3.8, 4) is 0 Å². The van der Waals surface area contributed by atoms with Crippen molar-refractivity contribution in [3.63, 3.8) is 0 Å². The van der Waals surface area contributed by atoms with Crippen LogP contribution in [0.25, 0.3) is 0 Å². The van der Waals surface area contributed by atoms with Gasteiger partial charge in [0, 0.05) is 5.56 Å². The quantitative estimate of drug-likeness (QED) is 0.724. The van der Waals surface area contributed by atoms with Gasteiger partial charge in [-0.15, -0.1) is 0 Å². The standard InChI is InChI=1S/C20H29NO5/c1-7-14(19(25)26-20(4,5)6)16(18(23)24)10-15-11(2)8-13(17(21)22)9-12(15)3/h8-9,14,16H,7,10H2,1-6H3,(H2,21,22)(H,23,24). The van der Waals surface area contributed by atoms with Gasteiger partial charge in [-0.3, -0.25) is 14.4 Å². The number of hydrogen-bond acceptors (Lipinski definition) is 4. The maximum Gasteiger partial charge on any atom is 0.310 e. The number of carboxylic acids is 1. The summed E-state index contributed by atoms with van der Waals surface area (Å²) in [6, 6.07) is 3.30. The van der Waals surface area contributed by atoms with Crippen molar-refractivity contribution in [2.24, 2.45) is 17.6 Å². The fraction of sp³-hybridized carbons (Fsp3) is 0.550. The highest BCUT2D eigenvalue weighted by Gasteiger charge is 2.36. The number of carboxylic acid groups (broad SMARTS) is 1. The molecule has 0 saturated heterocycles. The molecule has 0 spiro atoms. The van der Waals surface area contributed by atoms with E-state index in [-0.39, 0.29) is 6.42 Å². The Morgan fingerprint density at radius 3 is 1.96 bits per heavy atom. The van der Waals surface area contributed by atoms with E-state index in [1.54, 1.807) is 39.8 Å². The fourth-order valence-electron chi connectivity index (χ4n) is 3.07. The molecule has 1 aromatic rings. The van der Waals surface area contributed by atoms with E-state index in [0.29, 0.717) is 12.0 Å². The van der Waals surface area contributed by atoms with Crippen LogP contribution in [0.1, 0.15) is 61.2 Å². The van der Waals surface area contributed by atoms with E-state index < -0.39 is 35.3 Å². The monoisotopic (exact) mass is 363 g/mol. The summed E-state index contributed by atoms with van der Waals surface area (Å²) >= 11 is 0. The minimum absolute atomic E-state index is 0.184. The molecule has 144 valence electrons. The van der Waals surface area contributed by atoms with Gasteiger partial charge in [0.2, 0.25) is 5.91 Å². The van der Waals surface area contributed by atoms with Crippen LogP contribution in [-0.4, -0.2) is 28.6 Å². The van der Waals surface area contributed by atoms with Crippen LogP contribution in [0, 0.1) is 25.7 Å². The van der Waals surface area contributed by atoms with E-state index in [9.17, 15) is 19.5 Å². The molecule has 0 aliphatic heterocycles. The van der Waals surface area contributed by atoms with E-state index in [1.807, 2.05) is 13.8 Å². The number of aliphatic carboxylic acids is 1. The molecule has 6 heteroatoms. The Labute approximate surface area is 154 Å². The molecule has 3 N–H and O–H groups in total. The number of primary amides is 1. The van der Waals surface area contributed by atoms with Gasteiger partial charge in [-0.05, 0) is 76.3 Å². The van der Waals surface area contributed by atoms with Gasteiger partial charge in [0.15, 0.2) is 0 Å². The summed E-state index contributed by atoms with van der Waals surface area (Å²) in [7, 11) is 0. The summed E-state index contributed by atoms with van der Waals surface area (Å²) in [5.41, 5.74) is 7.40. The third-order valence-corrected chi connectivity index (χ3v) is 4.36. The van der Waals surface area contributed by atoms with Gasteiger partial charge < -0.3 is 15.6 Å². The number of nitrogens with two attached hydrogens (primary N) is 1. The molecule has 2 atom stereocenters. The van der Waals surface area contributed by atoms with E-state index in [4.69, 9.17) is 10.5 Å². The van der Waals surface area contributed by atoms with E-state index in [2.05, 4.69) is 0 Å². The predicted octanol–water partition coefficient (Wildman–Crippen LogP) is 3.01. The first-order valence-electron chi connectivity index (χ1n) is 8.73. The Bertz CT molecular complexity index is 680. The molecule has 1 aromatic carbocycles. The molecule has 1 rings (SSSR count). The first kappa shape index (κ1) is 21.7. The van der Waals surface area contributed by atoms with Gasteiger partial charge >= 0.3 is 11.9 Å². The number of ether oxygens (including phenoxy) is 1. The summed E-state index contributed by atoms with van der Waals surface area (Å²) in [6.07, 6.45) is 0.549. The summed E-state index contributed by atoms with van der Waals surface area (Å²) < 4.78 is 5.41. The lowest BCUT2D eigenvalue weighted by Gasteiger charge is -2.27. The van der Waals surface area contributed by atoms with Crippen molar-refractivity contribution >= 4 is 17.8 Å². The van der Waals surface area contributed by atoms with E-state index >= 15 is 0 Å². The molecule has 1 amide bonds. The molecular weight excluding hydrogens is 334 g/mol. The Morgan fingerprint density at radius 2 is 1.62 bits per heavy atom. The molecule has 0 aliphatic carbocycles. The van der Waals surface area contributed by atoms with Crippen molar-refractivity contribution in [2.75, 3.05) is 0 Å². The van der Waals surface area contributed by atoms with Crippen LogP contribution < -0.4 is 5.73 Å². The smallest absolute Gasteiger partial charge is 0.310 e. The van der Waals surface area contributed by atoms with E-state index in [0.717, 1.165) is 16.7 Å². The zero-order valence-corrected chi connectivity index (χ0v) is 16.4. The number of carbonyl (C=O) groups excluding carboxylic acids is 2. The van der Waals surface area contributed by atoms with Crippen molar-refractivity contribution in [2.45, 2.75) is 60.0 Å². The minimum Gasteiger partial charge on any atom is -0.481 e. The average Bonchev–Trinajstić information content (AvgIpc) is 2.47. The fourth-order valence-corrected chi connectivity index (χ4v) is 3.07. The molecule has 0 radical (unpaired) electrons. The number of benzene rings is 1. The van der Waals surface area contributed by atoms with Crippen molar-refractivity contribution in [1.29, 1.82) is 0 Å². The number of carbonyl (C=O) groups is 3. The van der Waals surface area contributed by atoms with Gasteiger partial charge in [-0.1, -0.05) is 6.92 Å².